The van der Waals surface area contributed by atoms with Crippen LogP contribution in [0, 0.1) is 5.41 Å². The molecule has 0 saturated carbocycles. The highest BCUT2D eigenvalue weighted by molar-refractivity contribution is 5.03. The van der Waals surface area contributed by atoms with E-state index in [0.717, 1.165) is 6.42 Å². The number of nitrogens with two attached hydrogens (primary N) is 1. The minimum Gasteiger partial charge on any atom is -0.367 e. The summed E-state index contributed by atoms with van der Waals surface area (Å²) in [5.74, 6) is 1.04. The average Bonchev–Trinajstić information content (AvgIpc) is 2.76. The van der Waals surface area contributed by atoms with Gasteiger partial charge in [-0.3, -0.25) is 0 Å². The highest BCUT2D eigenvalue weighted by Gasteiger charge is 2.34. The maximum absolute atomic E-state index is 6.11. The van der Waals surface area contributed by atoms with Crippen molar-refractivity contribution in [1.82, 2.24) is 10.1 Å². The highest BCUT2D eigenvalue weighted by Crippen LogP contribution is 2.32. The molecule has 0 saturated heterocycles. The Hall–Kier alpha value is -0.940. The lowest BCUT2D eigenvalue weighted by molar-refractivity contribution is -0.0403. The van der Waals surface area contributed by atoms with E-state index in [0.29, 0.717) is 18.3 Å². The largest absolute Gasteiger partial charge is 0.367 e. The van der Waals surface area contributed by atoms with Crippen molar-refractivity contribution >= 4 is 0 Å². The zero-order valence-corrected chi connectivity index (χ0v) is 12.3. The van der Waals surface area contributed by atoms with Crippen LogP contribution in [0.25, 0.3) is 0 Å². The van der Waals surface area contributed by atoms with Gasteiger partial charge in [0, 0.05) is 6.61 Å². The second-order valence-electron chi connectivity index (χ2n) is 5.82. The first-order valence-corrected chi connectivity index (χ1v) is 6.48. The van der Waals surface area contributed by atoms with Crippen LogP contribution in [0.15, 0.2) is 4.52 Å². The smallest absolute Gasteiger partial charge is 0.244 e. The van der Waals surface area contributed by atoms with Crippen LogP contribution >= 0.6 is 0 Å². The summed E-state index contributed by atoms with van der Waals surface area (Å²) in [5, 5.41) is 4.02. The molecule has 0 aliphatic rings. The van der Waals surface area contributed by atoms with Crippen molar-refractivity contribution in [2.45, 2.75) is 59.6 Å². The molecule has 5 nitrogen and oxygen atoms in total. The lowest BCUT2D eigenvalue weighted by Crippen LogP contribution is -2.28. The van der Waals surface area contributed by atoms with Crippen LogP contribution in [-0.2, 0) is 10.3 Å². The van der Waals surface area contributed by atoms with Gasteiger partial charge in [-0.05, 0) is 25.7 Å². The normalized spacial score (nSPS) is 17.5. The molecule has 2 unspecified atom stereocenters. The van der Waals surface area contributed by atoms with Crippen LogP contribution in [0.4, 0.5) is 0 Å². The highest BCUT2D eigenvalue weighted by atomic mass is 16.5. The van der Waals surface area contributed by atoms with E-state index in [1.54, 1.807) is 0 Å². The molecule has 0 radical (unpaired) electrons. The van der Waals surface area contributed by atoms with Gasteiger partial charge in [-0.25, -0.2) is 0 Å². The van der Waals surface area contributed by atoms with Crippen LogP contribution in [0.3, 0.4) is 0 Å². The maximum Gasteiger partial charge on any atom is 0.244 e. The summed E-state index contributed by atoms with van der Waals surface area (Å²) in [5.41, 5.74) is 5.49. The zero-order chi connectivity index (χ0) is 14.0. The van der Waals surface area contributed by atoms with Gasteiger partial charge in [0.25, 0.3) is 0 Å². The van der Waals surface area contributed by atoms with Gasteiger partial charge in [0.2, 0.25) is 11.7 Å². The predicted octanol–water partition coefficient (Wildman–Crippen LogP) is 2.78. The third-order valence-electron chi connectivity index (χ3n) is 3.25. The van der Waals surface area contributed by atoms with Crippen LogP contribution in [-0.4, -0.2) is 16.7 Å². The molecule has 0 amide bonds. The number of hydrogen-bond donors (Lipinski definition) is 1. The number of nitrogens with zero attached hydrogens (tertiary/aromatic N) is 2. The van der Waals surface area contributed by atoms with Gasteiger partial charge < -0.3 is 15.0 Å². The molecule has 2 N–H and O–H groups in total. The Bertz CT molecular complexity index is 384. The number of ether oxygens (including phenoxy) is 1. The lowest BCUT2D eigenvalue weighted by atomic mass is 9.87. The van der Waals surface area contributed by atoms with E-state index < -0.39 is 5.60 Å². The number of aromatic nitrogens is 2. The molecule has 2 atom stereocenters. The molecule has 1 heterocycles. The minimum absolute atomic E-state index is 0.113. The fraction of sp³-hybridized carbons (Fsp3) is 0.846. The first-order chi connectivity index (χ1) is 8.24. The van der Waals surface area contributed by atoms with Crippen molar-refractivity contribution in [1.29, 1.82) is 0 Å². The number of rotatable bonds is 5. The van der Waals surface area contributed by atoms with Crippen LogP contribution < -0.4 is 5.73 Å². The van der Waals surface area contributed by atoms with E-state index in [4.69, 9.17) is 15.0 Å². The summed E-state index contributed by atoms with van der Waals surface area (Å²) in [4.78, 5) is 4.41. The zero-order valence-electron chi connectivity index (χ0n) is 12.3. The monoisotopic (exact) mass is 255 g/mol. The Labute approximate surface area is 109 Å². The van der Waals surface area contributed by atoms with E-state index in [1.807, 2.05) is 41.5 Å². The lowest BCUT2D eigenvalue weighted by Gasteiger charge is -2.25. The van der Waals surface area contributed by atoms with Gasteiger partial charge in [-0.2, -0.15) is 4.98 Å². The molecule has 18 heavy (non-hydrogen) atoms. The van der Waals surface area contributed by atoms with E-state index in [2.05, 4.69) is 10.1 Å². The maximum atomic E-state index is 6.11. The Kier molecular flexibility index (Phi) is 4.50. The summed E-state index contributed by atoms with van der Waals surface area (Å²) in [7, 11) is 0. The van der Waals surface area contributed by atoms with Gasteiger partial charge in [-0.15, -0.1) is 0 Å². The van der Waals surface area contributed by atoms with Crippen molar-refractivity contribution in [3.63, 3.8) is 0 Å². The van der Waals surface area contributed by atoms with E-state index >= 15 is 0 Å². The molecular formula is C13H25N3O2. The summed E-state index contributed by atoms with van der Waals surface area (Å²) in [6, 6.07) is -0.276. The Morgan fingerprint density at radius 2 is 1.89 bits per heavy atom. The fourth-order valence-corrected chi connectivity index (χ4v) is 1.59. The van der Waals surface area contributed by atoms with Crippen molar-refractivity contribution < 1.29 is 9.26 Å². The van der Waals surface area contributed by atoms with Crippen molar-refractivity contribution in [3.05, 3.63) is 11.7 Å². The van der Waals surface area contributed by atoms with Gasteiger partial charge >= 0.3 is 0 Å². The minimum atomic E-state index is -0.506. The second kappa shape index (κ2) is 5.36. The molecule has 0 fully saturated rings. The average molecular weight is 255 g/mol. The standard InChI is InChI=1S/C13H25N3O2/c1-7-13(6,17-8-2)11-15-10(18-16-11)9(14)12(3,4)5/h9H,7-8,14H2,1-6H3. The Morgan fingerprint density at radius 1 is 1.28 bits per heavy atom. The summed E-state index contributed by atoms with van der Waals surface area (Å²) >= 11 is 0. The first kappa shape index (κ1) is 15.1. The quantitative estimate of drug-likeness (QED) is 0.875. The summed E-state index contributed by atoms with van der Waals surface area (Å²) in [6.45, 7) is 12.7. The van der Waals surface area contributed by atoms with Crippen LogP contribution in [0.5, 0.6) is 0 Å². The second-order valence-corrected chi connectivity index (χ2v) is 5.82. The molecule has 0 aliphatic heterocycles. The molecule has 0 spiro atoms. The third-order valence-corrected chi connectivity index (χ3v) is 3.25. The molecule has 1 aromatic rings. The summed E-state index contributed by atoms with van der Waals surface area (Å²) in [6.07, 6.45) is 0.782. The molecule has 5 heteroatoms. The topological polar surface area (TPSA) is 74.2 Å². The van der Waals surface area contributed by atoms with Gasteiger partial charge in [0.1, 0.15) is 5.60 Å². The molecule has 0 aromatic carbocycles. The molecule has 1 aromatic heterocycles. The van der Waals surface area contributed by atoms with E-state index in [9.17, 15) is 0 Å². The van der Waals surface area contributed by atoms with E-state index in [-0.39, 0.29) is 11.5 Å². The SMILES string of the molecule is CCOC(C)(CC)c1noc(C(N)C(C)(C)C)n1. The first-order valence-electron chi connectivity index (χ1n) is 6.48. The van der Waals surface area contributed by atoms with Crippen LogP contribution in [0.2, 0.25) is 0 Å². The third kappa shape index (κ3) is 3.09. The van der Waals surface area contributed by atoms with Gasteiger partial charge in [-0.1, -0.05) is 32.9 Å². The Morgan fingerprint density at radius 3 is 2.33 bits per heavy atom. The Balaban J connectivity index is 2.99. The van der Waals surface area contributed by atoms with Gasteiger partial charge in [0.15, 0.2) is 0 Å². The van der Waals surface area contributed by atoms with Gasteiger partial charge in [0.05, 0.1) is 6.04 Å². The molecular weight excluding hydrogens is 230 g/mol. The number of hydrogen-bond acceptors (Lipinski definition) is 5. The van der Waals surface area contributed by atoms with E-state index in [1.165, 1.54) is 0 Å². The fourth-order valence-electron chi connectivity index (χ4n) is 1.59. The van der Waals surface area contributed by atoms with Crippen molar-refractivity contribution in [2.24, 2.45) is 11.1 Å². The molecule has 1 rings (SSSR count). The molecule has 104 valence electrons. The van der Waals surface area contributed by atoms with Crippen molar-refractivity contribution in [3.8, 4) is 0 Å². The predicted molar refractivity (Wildman–Crippen MR) is 70.0 cm³/mol. The molecule has 0 bridgehead atoms. The molecule has 0 aliphatic carbocycles. The van der Waals surface area contributed by atoms with Crippen molar-refractivity contribution in [2.75, 3.05) is 6.61 Å². The summed E-state index contributed by atoms with van der Waals surface area (Å²) < 4.78 is 11.0. The van der Waals surface area contributed by atoms with Crippen LogP contribution in [0.1, 0.15) is 65.7 Å².